The summed E-state index contributed by atoms with van der Waals surface area (Å²) < 4.78 is 10.3. The number of aliphatic hydroxyl groups excluding tert-OH is 1. The van der Waals surface area contributed by atoms with Crippen molar-refractivity contribution in [1.82, 2.24) is 5.32 Å². The van der Waals surface area contributed by atoms with Gasteiger partial charge >= 0.3 is 0 Å². The SMILES string of the molecule is COc1cccc(/C(C)=C/C(=O)NC(C)CC(O)c2ccco2)c1. The molecule has 2 rings (SSSR count). The molecular formula is C19H23NO4. The highest BCUT2D eigenvalue weighted by Crippen LogP contribution is 2.20. The van der Waals surface area contributed by atoms with Gasteiger partial charge in [0.1, 0.15) is 17.6 Å². The molecule has 0 spiro atoms. The van der Waals surface area contributed by atoms with Crippen molar-refractivity contribution in [2.75, 3.05) is 7.11 Å². The fourth-order valence-corrected chi connectivity index (χ4v) is 2.42. The van der Waals surface area contributed by atoms with Crippen LogP contribution in [0.15, 0.2) is 53.2 Å². The quantitative estimate of drug-likeness (QED) is 0.764. The van der Waals surface area contributed by atoms with Crippen LogP contribution in [-0.2, 0) is 4.79 Å². The predicted octanol–water partition coefficient (Wildman–Crippen LogP) is 3.32. The van der Waals surface area contributed by atoms with Crippen LogP contribution < -0.4 is 10.1 Å². The lowest BCUT2D eigenvalue weighted by atomic mass is 10.1. The topological polar surface area (TPSA) is 71.7 Å². The van der Waals surface area contributed by atoms with Crippen LogP contribution in [0.2, 0.25) is 0 Å². The van der Waals surface area contributed by atoms with Crippen LogP contribution in [0.4, 0.5) is 0 Å². The summed E-state index contributed by atoms with van der Waals surface area (Å²) >= 11 is 0. The van der Waals surface area contributed by atoms with Crippen LogP contribution in [0.3, 0.4) is 0 Å². The van der Waals surface area contributed by atoms with Gasteiger partial charge in [-0.2, -0.15) is 0 Å². The van der Waals surface area contributed by atoms with Crippen molar-refractivity contribution in [2.24, 2.45) is 0 Å². The largest absolute Gasteiger partial charge is 0.497 e. The summed E-state index contributed by atoms with van der Waals surface area (Å²) in [7, 11) is 1.61. The zero-order valence-corrected chi connectivity index (χ0v) is 14.2. The van der Waals surface area contributed by atoms with Crippen LogP contribution in [-0.4, -0.2) is 24.2 Å². The van der Waals surface area contributed by atoms with Gasteiger partial charge in [0.2, 0.25) is 5.91 Å². The zero-order chi connectivity index (χ0) is 17.5. The Labute approximate surface area is 141 Å². The molecule has 0 bridgehead atoms. The third-order valence-corrected chi connectivity index (χ3v) is 3.71. The van der Waals surface area contributed by atoms with E-state index in [0.717, 1.165) is 16.9 Å². The number of ether oxygens (including phenoxy) is 1. The van der Waals surface area contributed by atoms with Crippen molar-refractivity contribution in [3.63, 3.8) is 0 Å². The molecule has 1 amide bonds. The van der Waals surface area contributed by atoms with Gasteiger partial charge in [0.05, 0.1) is 13.4 Å². The Kier molecular flexibility index (Phi) is 6.21. The van der Waals surface area contributed by atoms with Crippen molar-refractivity contribution in [2.45, 2.75) is 32.4 Å². The number of methoxy groups -OCH3 is 1. The number of nitrogens with one attached hydrogen (secondary N) is 1. The molecule has 1 heterocycles. The normalized spacial score (nSPS) is 14.1. The lowest BCUT2D eigenvalue weighted by Gasteiger charge is -2.16. The number of rotatable bonds is 7. The summed E-state index contributed by atoms with van der Waals surface area (Å²) in [4.78, 5) is 12.1. The first-order valence-corrected chi connectivity index (χ1v) is 7.84. The van der Waals surface area contributed by atoms with Crippen molar-refractivity contribution in [3.8, 4) is 5.75 Å². The molecule has 0 aliphatic heterocycles. The first-order chi connectivity index (χ1) is 11.5. The smallest absolute Gasteiger partial charge is 0.244 e. The molecule has 0 aliphatic rings. The first kappa shape index (κ1) is 17.8. The van der Waals surface area contributed by atoms with E-state index >= 15 is 0 Å². The summed E-state index contributed by atoms with van der Waals surface area (Å²) in [5, 5.41) is 12.9. The van der Waals surface area contributed by atoms with Gasteiger partial charge in [-0.15, -0.1) is 0 Å². The molecular weight excluding hydrogens is 306 g/mol. The number of benzene rings is 1. The molecule has 0 saturated heterocycles. The molecule has 0 radical (unpaired) electrons. The van der Waals surface area contributed by atoms with E-state index in [4.69, 9.17) is 9.15 Å². The van der Waals surface area contributed by atoms with E-state index in [1.54, 1.807) is 25.3 Å². The fourth-order valence-electron chi connectivity index (χ4n) is 2.42. The number of hydrogen-bond acceptors (Lipinski definition) is 4. The van der Waals surface area contributed by atoms with Gasteiger partial charge in [-0.25, -0.2) is 0 Å². The van der Waals surface area contributed by atoms with Gasteiger partial charge in [0.25, 0.3) is 0 Å². The number of allylic oxidation sites excluding steroid dienone is 1. The van der Waals surface area contributed by atoms with Crippen molar-refractivity contribution < 1.29 is 19.1 Å². The highest BCUT2D eigenvalue weighted by molar-refractivity contribution is 5.95. The summed E-state index contributed by atoms with van der Waals surface area (Å²) in [5.41, 5.74) is 1.76. The Morgan fingerprint density at radius 3 is 2.83 bits per heavy atom. The molecule has 128 valence electrons. The Morgan fingerprint density at radius 1 is 1.38 bits per heavy atom. The molecule has 2 aromatic rings. The standard InChI is InChI=1S/C19H23NO4/c1-13(15-6-4-7-16(12-15)23-3)10-19(22)20-14(2)11-17(21)18-8-5-9-24-18/h4-10,12,14,17,21H,11H2,1-3H3,(H,20,22)/b13-10+. The first-order valence-electron chi connectivity index (χ1n) is 7.84. The number of amides is 1. The number of hydrogen-bond donors (Lipinski definition) is 2. The van der Waals surface area contributed by atoms with Gasteiger partial charge in [-0.05, 0) is 49.2 Å². The van der Waals surface area contributed by atoms with E-state index in [1.165, 1.54) is 6.26 Å². The van der Waals surface area contributed by atoms with Gasteiger partial charge in [0.15, 0.2) is 0 Å². The highest BCUT2D eigenvalue weighted by Gasteiger charge is 2.15. The minimum atomic E-state index is -0.737. The molecule has 5 heteroatoms. The van der Waals surface area contributed by atoms with Crippen LogP contribution in [0.25, 0.3) is 5.57 Å². The second-order valence-electron chi connectivity index (χ2n) is 5.74. The third kappa shape index (κ3) is 4.99. The average molecular weight is 329 g/mol. The maximum atomic E-state index is 12.1. The van der Waals surface area contributed by atoms with Crippen molar-refractivity contribution in [1.29, 1.82) is 0 Å². The fraction of sp³-hybridized carbons (Fsp3) is 0.316. The second-order valence-corrected chi connectivity index (χ2v) is 5.74. The Morgan fingerprint density at radius 2 is 2.17 bits per heavy atom. The summed E-state index contributed by atoms with van der Waals surface area (Å²) in [6.07, 6.45) is 2.71. The molecule has 5 nitrogen and oxygen atoms in total. The molecule has 0 aliphatic carbocycles. The zero-order valence-electron chi connectivity index (χ0n) is 14.2. The number of carbonyl (C=O) groups excluding carboxylic acids is 1. The third-order valence-electron chi connectivity index (χ3n) is 3.71. The average Bonchev–Trinajstić information content (AvgIpc) is 3.09. The lowest BCUT2D eigenvalue weighted by molar-refractivity contribution is -0.117. The number of carbonyl (C=O) groups is 1. The van der Waals surface area contributed by atoms with Gasteiger partial charge in [-0.1, -0.05) is 12.1 Å². The van der Waals surface area contributed by atoms with Crippen molar-refractivity contribution >= 4 is 11.5 Å². The summed E-state index contributed by atoms with van der Waals surface area (Å²) in [6.45, 7) is 3.72. The Hall–Kier alpha value is -2.53. The lowest BCUT2D eigenvalue weighted by Crippen LogP contribution is -2.32. The van der Waals surface area contributed by atoms with E-state index in [9.17, 15) is 9.90 Å². The predicted molar refractivity (Wildman–Crippen MR) is 92.5 cm³/mol. The van der Waals surface area contributed by atoms with Crippen LogP contribution in [0, 0.1) is 0 Å². The molecule has 2 atom stereocenters. The Balaban J connectivity index is 1.93. The van der Waals surface area contributed by atoms with E-state index in [1.807, 2.05) is 38.1 Å². The Bertz CT molecular complexity index is 691. The minimum absolute atomic E-state index is 0.188. The maximum Gasteiger partial charge on any atom is 0.244 e. The molecule has 2 N–H and O–H groups in total. The maximum absolute atomic E-state index is 12.1. The second kappa shape index (κ2) is 8.36. The highest BCUT2D eigenvalue weighted by atomic mass is 16.5. The van der Waals surface area contributed by atoms with E-state index in [0.29, 0.717) is 12.2 Å². The van der Waals surface area contributed by atoms with E-state index < -0.39 is 6.10 Å². The molecule has 0 fully saturated rings. The van der Waals surface area contributed by atoms with Gasteiger partial charge in [0, 0.05) is 18.5 Å². The summed E-state index contributed by atoms with van der Waals surface area (Å²) in [5.74, 6) is 1.05. The van der Waals surface area contributed by atoms with E-state index in [2.05, 4.69) is 5.32 Å². The number of aliphatic hydroxyl groups is 1. The molecule has 1 aromatic carbocycles. The van der Waals surface area contributed by atoms with Crippen LogP contribution in [0.5, 0.6) is 5.75 Å². The molecule has 1 aromatic heterocycles. The van der Waals surface area contributed by atoms with Crippen LogP contribution in [0.1, 0.15) is 37.7 Å². The van der Waals surface area contributed by atoms with E-state index in [-0.39, 0.29) is 11.9 Å². The minimum Gasteiger partial charge on any atom is -0.497 e. The molecule has 24 heavy (non-hydrogen) atoms. The number of furan rings is 1. The molecule has 0 saturated carbocycles. The van der Waals surface area contributed by atoms with Crippen LogP contribution >= 0.6 is 0 Å². The monoisotopic (exact) mass is 329 g/mol. The van der Waals surface area contributed by atoms with Gasteiger partial charge in [-0.3, -0.25) is 4.79 Å². The van der Waals surface area contributed by atoms with Gasteiger partial charge < -0.3 is 19.6 Å². The molecule has 2 unspecified atom stereocenters. The summed E-state index contributed by atoms with van der Waals surface area (Å²) in [6, 6.07) is 10.8. The van der Waals surface area contributed by atoms with Crippen molar-refractivity contribution in [3.05, 3.63) is 60.1 Å².